The number of hydrogen-bond acceptors (Lipinski definition) is 2. The summed E-state index contributed by atoms with van der Waals surface area (Å²) in [6, 6.07) is 11.8. The summed E-state index contributed by atoms with van der Waals surface area (Å²) >= 11 is 0. The van der Waals surface area contributed by atoms with Crippen LogP contribution in [0, 0.1) is 5.92 Å². The van der Waals surface area contributed by atoms with Gasteiger partial charge in [-0.15, -0.1) is 12.4 Å². The van der Waals surface area contributed by atoms with Crippen molar-refractivity contribution in [3.05, 3.63) is 35.9 Å². The molecule has 2 aliphatic heterocycles. The maximum atomic E-state index is 3.55. The predicted octanol–water partition coefficient (Wildman–Crippen LogP) is 3.64. The van der Waals surface area contributed by atoms with Crippen LogP contribution in [0.3, 0.4) is 0 Å². The van der Waals surface area contributed by atoms with Crippen LogP contribution in [0.25, 0.3) is 0 Å². The smallest absolute Gasteiger partial charge is 0.0348 e. The van der Waals surface area contributed by atoms with E-state index in [1.165, 1.54) is 63.8 Å². The van der Waals surface area contributed by atoms with Gasteiger partial charge in [0.2, 0.25) is 0 Å². The number of nitrogens with zero attached hydrogens (tertiary/aromatic N) is 1. The summed E-state index contributed by atoms with van der Waals surface area (Å²) in [6.45, 7) is 5.01. The summed E-state index contributed by atoms with van der Waals surface area (Å²) in [6.07, 6.45) is 6.87. The Kier molecular flexibility index (Phi) is 6.34. The molecule has 2 nitrogen and oxygen atoms in total. The van der Waals surface area contributed by atoms with Gasteiger partial charge >= 0.3 is 0 Å². The first-order valence-electron chi connectivity index (χ1n) is 7.93. The van der Waals surface area contributed by atoms with Crippen molar-refractivity contribution in [1.29, 1.82) is 0 Å². The molecular weight excluding hydrogens is 268 g/mol. The zero-order chi connectivity index (χ0) is 12.9. The zero-order valence-corrected chi connectivity index (χ0v) is 13.1. The van der Waals surface area contributed by atoms with E-state index < -0.39 is 0 Å². The molecule has 2 unspecified atom stereocenters. The van der Waals surface area contributed by atoms with E-state index in [2.05, 4.69) is 40.5 Å². The van der Waals surface area contributed by atoms with Crippen molar-refractivity contribution in [3.8, 4) is 0 Å². The van der Waals surface area contributed by atoms with E-state index in [1.807, 2.05) is 0 Å². The van der Waals surface area contributed by atoms with Gasteiger partial charge in [0.1, 0.15) is 0 Å². The minimum atomic E-state index is 0. The maximum Gasteiger partial charge on any atom is 0.0348 e. The number of benzene rings is 1. The molecule has 3 rings (SSSR count). The van der Waals surface area contributed by atoms with Crippen LogP contribution >= 0.6 is 12.4 Å². The average molecular weight is 295 g/mol. The van der Waals surface area contributed by atoms with Crippen LogP contribution in [0.1, 0.15) is 43.7 Å². The Bertz CT molecular complexity index is 376. The van der Waals surface area contributed by atoms with Crippen molar-refractivity contribution < 1.29 is 0 Å². The fourth-order valence-corrected chi connectivity index (χ4v) is 3.67. The first-order chi connectivity index (χ1) is 9.43. The highest BCUT2D eigenvalue weighted by atomic mass is 35.5. The molecule has 1 aromatic rings. The Balaban J connectivity index is 0.00000147. The molecular formula is C17H27ClN2. The van der Waals surface area contributed by atoms with Crippen LogP contribution < -0.4 is 5.32 Å². The summed E-state index contributed by atoms with van der Waals surface area (Å²) in [7, 11) is 0. The Morgan fingerprint density at radius 3 is 2.65 bits per heavy atom. The lowest BCUT2D eigenvalue weighted by atomic mass is 9.92. The highest BCUT2D eigenvalue weighted by Gasteiger charge is 2.26. The van der Waals surface area contributed by atoms with E-state index in [4.69, 9.17) is 0 Å². The fraction of sp³-hybridized carbons (Fsp3) is 0.647. The maximum absolute atomic E-state index is 3.55. The lowest BCUT2D eigenvalue weighted by Gasteiger charge is -2.39. The number of hydrogen-bond donors (Lipinski definition) is 1. The van der Waals surface area contributed by atoms with Gasteiger partial charge in [0.25, 0.3) is 0 Å². The van der Waals surface area contributed by atoms with Crippen molar-refractivity contribution in [2.75, 3.05) is 26.2 Å². The summed E-state index contributed by atoms with van der Waals surface area (Å²) in [4.78, 5) is 2.75. The summed E-state index contributed by atoms with van der Waals surface area (Å²) in [5, 5.41) is 3.55. The van der Waals surface area contributed by atoms with Crippen molar-refractivity contribution in [1.82, 2.24) is 10.2 Å². The van der Waals surface area contributed by atoms with E-state index in [9.17, 15) is 0 Å². The van der Waals surface area contributed by atoms with E-state index >= 15 is 0 Å². The summed E-state index contributed by atoms with van der Waals surface area (Å²) < 4.78 is 0. The first kappa shape index (κ1) is 15.8. The Labute approximate surface area is 129 Å². The molecule has 2 fully saturated rings. The van der Waals surface area contributed by atoms with Crippen molar-refractivity contribution in [3.63, 3.8) is 0 Å². The number of piperidine rings is 2. The molecule has 0 amide bonds. The summed E-state index contributed by atoms with van der Waals surface area (Å²) in [5.41, 5.74) is 1.52. The minimum absolute atomic E-state index is 0. The predicted molar refractivity (Wildman–Crippen MR) is 87.4 cm³/mol. The molecule has 0 aliphatic carbocycles. The summed E-state index contributed by atoms with van der Waals surface area (Å²) in [5.74, 6) is 0.859. The van der Waals surface area contributed by atoms with Crippen LogP contribution in [0.4, 0.5) is 0 Å². The van der Waals surface area contributed by atoms with Crippen LogP contribution in [0.5, 0.6) is 0 Å². The molecule has 3 heteroatoms. The third kappa shape index (κ3) is 3.97. The van der Waals surface area contributed by atoms with Crippen molar-refractivity contribution >= 4 is 12.4 Å². The third-order valence-corrected chi connectivity index (χ3v) is 4.69. The third-order valence-electron chi connectivity index (χ3n) is 4.69. The van der Waals surface area contributed by atoms with Crippen LogP contribution in [0.2, 0.25) is 0 Å². The lowest BCUT2D eigenvalue weighted by Crippen LogP contribution is -2.41. The van der Waals surface area contributed by atoms with Gasteiger partial charge in [-0.05, 0) is 56.8 Å². The SMILES string of the molecule is Cl.c1ccc(C2CCCCN2CC2CCCNC2)cc1. The monoisotopic (exact) mass is 294 g/mol. The van der Waals surface area contributed by atoms with Gasteiger partial charge in [-0.3, -0.25) is 4.90 Å². The van der Waals surface area contributed by atoms with E-state index in [-0.39, 0.29) is 12.4 Å². The molecule has 1 aromatic carbocycles. The van der Waals surface area contributed by atoms with E-state index in [1.54, 1.807) is 0 Å². The molecule has 2 aliphatic rings. The molecule has 0 radical (unpaired) electrons. The molecule has 0 aromatic heterocycles. The highest BCUT2D eigenvalue weighted by Crippen LogP contribution is 2.31. The zero-order valence-electron chi connectivity index (χ0n) is 12.3. The molecule has 2 heterocycles. The van der Waals surface area contributed by atoms with E-state index in [0.717, 1.165) is 5.92 Å². The van der Waals surface area contributed by atoms with Crippen LogP contribution in [-0.4, -0.2) is 31.1 Å². The standard InChI is InChI=1S/C17H26N2.ClH/c1-2-8-16(9-3-1)17-10-4-5-12-19(17)14-15-7-6-11-18-13-15;/h1-3,8-9,15,17-18H,4-7,10-14H2;1H. The van der Waals surface area contributed by atoms with Crippen molar-refractivity contribution in [2.45, 2.75) is 38.1 Å². The van der Waals surface area contributed by atoms with Crippen molar-refractivity contribution in [2.24, 2.45) is 5.92 Å². The minimum Gasteiger partial charge on any atom is -0.316 e. The van der Waals surface area contributed by atoms with Gasteiger partial charge in [-0.25, -0.2) is 0 Å². The second-order valence-corrected chi connectivity index (χ2v) is 6.13. The molecule has 0 bridgehead atoms. The molecule has 2 saturated heterocycles. The topological polar surface area (TPSA) is 15.3 Å². The fourth-order valence-electron chi connectivity index (χ4n) is 3.67. The Morgan fingerprint density at radius 1 is 1.05 bits per heavy atom. The normalized spacial score (nSPS) is 27.8. The quantitative estimate of drug-likeness (QED) is 0.916. The molecule has 112 valence electrons. The van der Waals surface area contributed by atoms with Gasteiger partial charge in [0.05, 0.1) is 0 Å². The number of halogens is 1. The number of nitrogens with one attached hydrogen (secondary N) is 1. The van der Waals surface area contributed by atoms with Gasteiger partial charge < -0.3 is 5.32 Å². The second-order valence-electron chi connectivity index (χ2n) is 6.13. The van der Waals surface area contributed by atoms with Crippen LogP contribution in [0.15, 0.2) is 30.3 Å². The second kappa shape index (κ2) is 8.02. The molecule has 2 atom stereocenters. The average Bonchev–Trinajstić information content (AvgIpc) is 2.50. The number of likely N-dealkylation sites (tertiary alicyclic amines) is 1. The van der Waals surface area contributed by atoms with E-state index in [0.29, 0.717) is 6.04 Å². The lowest BCUT2D eigenvalue weighted by molar-refractivity contribution is 0.117. The first-order valence-corrected chi connectivity index (χ1v) is 7.93. The molecule has 0 saturated carbocycles. The largest absolute Gasteiger partial charge is 0.316 e. The van der Waals surface area contributed by atoms with Gasteiger partial charge in [0, 0.05) is 12.6 Å². The highest BCUT2D eigenvalue weighted by molar-refractivity contribution is 5.85. The van der Waals surface area contributed by atoms with Crippen LogP contribution in [-0.2, 0) is 0 Å². The molecule has 0 spiro atoms. The van der Waals surface area contributed by atoms with Gasteiger partial charge in [-0.1, -0.05) is 36.8 Å². The Hall–Kier alpha value is -0.570. The molecule has 1 N–H and O–H groups in total. The number of rotatable bonds is 3. The van der Waals surface area contributed by atoms with Gasteiger partial charge in [0.15, 0.2) is 0 Å². The Morgan fingerprint density at radius 2 is 1.90 bits per heavy atom. The molecule has 20 heavy (non-hydrogen) atoms. The van der Waals surface area contributed by atoms with Gasteiger partial charge in [-0.2, -0.15) is 0 Å².